The summed E-state index contributed by atoms with van der Waals surface area (Å²) in [5.74, 6) is 0.0665. The largest absolute Gasteiger partial charge is 0.360 e. The Balaban J connectivity index is 2.11. The Kier molecular flexibility index (Phi) is 2.71. The average Bonchev–Trinajstić information content (AvgIpc) is 2.81. The smallest absolute Gasteiger partial charge is 0.195 e. The van der Waals surface area contributed by atoms with E-state index in [4.69, 9.17) is 0 Å². The van der Waals surface area contributed by atoms with Crippen LogP contribution in [-0.4, -0.2) is 10.8 Å². The number of carbonyl (C=O) groups is 1. The van der Waals surface area contributed by atoms with Gasteiger partial charge in [0.05, 0.1) is 0 Å². The topological polar surface area (TPSA) is 32.9 Å². The molecule has 1 N–H and O–H groups in total. The van der Waals surface area contributed by atoms with Crippen molar-refractivity contribution in [2.75, 3.05) is 0 Å². The molecule has 0 unspecified atom stereocenters. The molecule has 2 nitrogen and oxygen atoms in total. The lowest BCUT2D eigenvalue weighted by Gasteiger charge is -2.01. The summed E-state index contributed by atoms with van der Waals surface area (Å²) in [7, 11) is 0. The first-order chi connectivity index (χ1) is 9.15. The molecular weight excluding hydrogens is 234 g/mol. The average molecular weight is 249 g/mol. The van der Waals surface area contributed by atoms with Crippen molar-refractivity contribution >= 4 is 16.7 Å². The fourth-order valence-electron chi connectivity index (χ4n) is 2.28. The van der Waals surface area contributed by atoms with Crippen LogP contribution in [0.1, 0.15) is 27.0 Å². The molecule has 0 aliphatic heterocycles. The summed E-state index contributed by atoms with van der Waals surface area (Å²) in [5.41, 5.74) is 4.79. The molecule has 1 aromatic heterocycles. The van der Waals surface area contributed by atoms with E-state index in [1.54, 1.807) is 6.20 Å². The lowest BCUT2D eigenvalue weighted by Crippen LogP contribution is -2.00. The molecule has 0 aliphatic rings. The van der Waals surface area contributed by atoms with Gasteiger partial charge in [-0.3, -0.25) is 4.79 Å². The lowest BCUT2D eigenvalue weighted by atomic mass is 10.0. The lowest BCUT2D eigenvalue weighted by molar-refractivity contribution is 0.104. The van der Waals surface area contributed by atoms with Gasteiger partial charge in [0.2, 0.25) is 0 Å². The molecule has 0 saturated carbocycles. The second kappa shape index (κ2) is 4.39. The Hall–Kier alpha value is -2.35. The molecule has 0 aliphatic carbocycles. The van der Waals surface area contributed by atoms with Gasteiger partial charge in [-0.2, -0.15) is 0 Å². The number of aromatic nitrogens is 1. The number of aromatic amines is 1. The molecule has 0 spiro atoms. The quantitative estimate of drug-likeness (QED) is 0.684. The molecule has 0 radical (unpaired) electrons. The van der Waals surface area contributed by atoms with Crippen molar-refractivity contribution < 1.29 is 4.79 Å². The molecule has 3 aromatic rings. The highest BCUT2D eigenvalue weighted by Crippen LogP contribution is 2.22. The first-order valence-electron chi connectivity index (χ1n) is 6.34. The van der Waals surface area contributed by atoms with Gasteiger partial charge in [-0.1, -0.05) is 41.5 Å². The molecule has 3 rings (SSSR count). The van der Waals surface area contributed by atoms with E-state index >= 15 is 0 Å². The van der Waals surface area contributed by atoms with Crippen LogP contribution >= 0.6 is 0 Å². The van der Waals surface area contributed by atoms with Crippen LogP contribution in [-0.2, 0) is 0 Å². The minimum Gasteiger partial charge on any atom is -0.360 e. The maximum Gasteiger partial charge on any atom is 0.195 e. The summed E-state index contributed by atoms with van der Waals surface area (Å²) >= 11 is 0. The Bertz CT molecular complexity index is 751. The maximum absolute atomic E-state index is 12.5. The Morgan fingerprint density at radius 1 is 0.947 bits per heavy atom. The van der Waals surface area contributed by atoms with Crippen molar-refractivity contribution in [3.63, 3.8) is 0 Å². The van der Waals surface area contributed by atoms with Gasteiger partial charge in [0.25, 0.3) is 0 Å². The van der Waals surface area contributed by atoms with Gasteiger partial charge in [-0.05, 0) is 26.0 Å². The number of ketones is 1. The summed E-state index contributed by atoms with van der Waals surface area (Å²) in [6.07, 6.45) is 1.80. The van der Waals surface area contributed by atoms with E-state index in [0.717, 1.165) is 33.2 Å². The highest BCUT2D eigenvalue weighted by atomic mass is 16.1. The minimum absolute atomic E-state index is 0.0665. The fraction of sp³-hybridized carbons (Fsp3) is 0.118. The normalized spacial score (nSPS) is 10.8. The van der Waals surface area contributed by atoms with Crippen LogP contribution in [0.2, 0.25) is 0 Å². The van der Waals surface area contributed by atoms with Crippen LogP contribution < -0.4 is 0 Å². The van der Waals surface area contributed by atoms with Gasteiger partial charge in [0.15, 0.2) is 5.78 Å². The van der Waals surface area contributed by atoms with Gasteiger partial charge in [-0.15, -0.1) is 0 Å². The molecule has 0 bridgehead atoms. The van der Waals surface area contributed by atoms with Crippen molar-refractivity contribution in [1.29, 1.82) is 0 Å². The van der Waals surface area contributed by atoms with Gasteiger partial charge >= 0.3 is 0 Å². The number of H-pyrrole nitrogens is 1. The van der Waals surface area contributed by atoms with Crippen molar-refractivity contribution in [3.8, 4) is 0 Å². The number of nitrogens with one attached hydrogen (secondary N) is 1. The first-order valence-corrected chi connectivity index (χ1v) is 6.34. The van der Waals surface area contributed by atoms with Crippen LogP contribution in [0, 0.1) is 13.8 Å². The third-order valence-electron chi connectivity index (χ3n) is 3.40. The molecular formula is C17H15NO. The number of benzene rings is 2. The molecule has 94 valence electrons. The van der Waals surface area contributed by atoms with E-state index < -0.39 is 0 Å². The van der Waals surface area contributed by atoms with Crippen LogP contribution in [0.5, 0.6) is 0 Å². The molecule has 0 amide bonds. The van der Waals surface area contributed by atoms with Gasteiger partial charge < -0.3 is 4.98 Å². The highest BCUT2D eigenvalue weighted by molar-refractivity contribution is 6.16. The molecule has 0 fully saturated rings. The zero-order chi connectivity index (χ0) is 13.4. The van der Waals surface area contributed by atoms with E-state index in [1.807, 2.05) is 56.3 Å². The maximum atomic E-state index is 12.5. The number of carbonyl (C=O) groups excluding carboxylic acids is 1. The van der Waals surface area contributed by atoms with Gasteiger partial charge in [-0.25, -0.2) is 0 Å². The van der Waals surface area contributed by atoms with Crippen molar-refractivity contribution in [1.82, 2.24) is 4.98 Å². The Morgan fingerprint density at radius 2 is 1.63 bits per heavy atom. The predicted octanol–water partition coefficient (Wildman–Crippen LogP) is 4.02. The Morgan fingerprint density at radius 3 is 2.37 bits per heavy atom. The van der Waals surface area contributed by atoms with Crippen molar-refractivity contribution in [3.05, 3.63) is 70.9 Å². The van der Waals surface area contributed by atoms with Crippen LogP contribution in [0.25, 0.3) is 10.9 Å². The van der Waals surface area contributed by atoms with Crippen LogP contribution in [0.3, 0.4) is 0 Å². The molecule has 19 heavy (non-hydrogen) atoms. The molecule has 2 heteroatoms. The first kappa shape index (κ1) is 11.7. The predicted molar refractivity (Wildman–Crippen MR) is 77.6 cm³/mol. The fourth-order valence-corrected chi connectivity index (χ4v) is 2.28. The van der Waals surface area contributed by atoms with E-state index in [0.29, 0.717) is 0 Å². The summed E-state index contributed by atoms with van der Waals surface area (Å²) in [5, 5.41) is 0.991. The summed E-state index contributed by atoms with van der Waals surface area (Å²) in [4.78, 5) is 15.7. The van der Waals surface area contributed by atoms with Gasteiger partial charge in [0, 0.05) is 28.2 Å². The van der Waals surface area contributed by atoms with Crippen molar-refractivity contribution in [2.24, 2.45) is 0 Å². The van der Waals surface area contributed by atoms with Crippen molar-refractivity contribution in [2.45, 2.75) is 13.8 Å². The van der Waals surface area contributed by atoms with Crippen LogP contribution in [0.15, 0.2) is 48.7 Å². The molecule has 1 heterocycles. The molecule has 2 aromatic carbocycles. The van der Waals surface area contributed by atoms with E-state index in [9.17, 15) is 4.79 Å². The monoisotopic (exact) mass is 249 g/mol. The molecule has 0 atom stereocenters. The third kappa shape index (κ3) is 2.06. The second-order valence-corrected chi connectivity index (χ2v) is 4.95. The van der Waals surface area contributed by atoms with E-state index in [-0.39, 0.29) is 5.78 Å². The van der Waals surface area contributed by atoms with Gasteiger partial charge in [0.1, 0.15) is 0 Å². The Labute approximate surface area is 112 Å². The number of hydrogen-bond donors (Lipinski definition) is 1. The van der Waals surface area contributed by atoms with E-state index in [1.165, 1.54) is 0 Å². The summed E-state index contributed by atoms with van der Waals surface area (Å²) < 4.78 is 0. The summed E-state index contributed by atoms with van der Waals surface area (Å²) in [6, 6.07) is 13.8. The number of hydrogen-bond acceptors (Lipinski definition) is 1. The zero-order valence-corrected chi connectivity index (χ0v) is 11.0. The van der Waals surface area contributed by atoms with E-state index in [2.05, 4.69) is 4.98 Å². The number of fused-ring (bicyclic) bond motifs is 1. The highest BCUT2D eigenvalue weighted by Gasteiger charge is 2.13. The number of rotatable bonds is 2. The standard InChI is InChI=1S/C17H15NO/c1-11-3-6-13(7-4-11)17(19)15-10-18-16-8-5-12(2)9-14(15)16/h3-10,18H,1-2H3. The molecule has 0 saturated heterocycles. The SMILES string of the molecule is Cc1ccc(C(=O)c2c[nH]c3ccc(C)cc23)cc1. The van der Waals surface area contributed by atoms with Crippen LogP contribution in [0.4, 0.5) is 0 Å². The third-order valence-corrected chi connectivity index (χ3v) is 3.40. The zero-order valence-electron chi connectivity index (χ0n) is 11.0. The summed E-state index contributed by atoms with van der Waals surface area (Å²) in [6.45, 7) is 4.05. The minimum atomic E-state index is 0.0665. The second-order valence-electron chi connectivity index (χ2n) is 4.95. The number of aryl methyl sites for hydroxylation is 2.